The zero-order valence-corrected chi connectivity index (χ0v) is 10.4. The second kappa shape index (κ2) is 4.93. The van der Waals surface area contributed by atoms with Crippen molar-refractivity contribution in [3.8, 4) is 0 Å². The minimum atomic E-state index is -0.352. The first-order chi connectivity index (χ1) is 7.68. The van der Waals surface area contributed by atoms with Crippen LogP contribution in [0.2, 0.25) is 0 Å². The monoisotopic (exact) mass is 284 g/mol. The van der Waals surface area contributed by atoms with Crippen LogP contribution >= 0.6 is 15.9 Å². The Balaban J connectivity index is 2.20. The number of nitro benzene ring substituents is 1. The predicted molar refractivity (Wildman–Crippen MR) is 65.5 cm³/mol. The van der Waals surface area contributed by atoms with Crippen LogP contribution in [0.1, 0.15) is 18.4 Å². The molecule has 0 saturated carbocycles. The molecule has 1 aromatic carbocycles. The van der Waals surface area contributed by atoms with Gasteiger partial charge in [0.1, 0.15) is 0 Å². The molecule has 0 amide bonds. The van der Waals surface area contributed by atoms with Crippen LogP contribution in [0.4, 0.5) is 5.69 Å². The first kappa shape index (κ1) is 11.5. The van der Waals surface area contributed by atoms with Crippen LogP contribution in [-0.2, 0) is 6.42 Å². The van der Waals surface area contributed by atoms with E-state index >= 15 is 0 Å². The first-order valence-corrected chi connectivity index (χ1v) is 6.13. The van der Waals surface area contributed by atoms with E-state index in [2.05, 4.69) is 21.2 Å². The van der Waals surface area contributed by atoms with Gasteiger partial charge >= 0.3 is 0 Å². The zero-order valence-electron chi connectivity index (χ0n) is 8.78. The molecule has 16 heavy (non-hydrogen) atoms. The number of hydrogen-bond donors (Lipinski definition) is 1. The van der Waals surface area contributed by atoms with E-state index in [9.17, 15) is 10.1 Å². The molecule has 1 aromatic rings. The van der Waals surface area contributed by atoms with Gasteiger partial charge in [0.2, 0.25) is 0 Å². The van der Waals surface area contributed by atoms with Crippen molar-refractivity contribution in [1.82, 2.24) is 5.32 Å². The molecule has 0 spiro atoms. The molecule has 0 radical (unpaired) electrons. The van der Waals surface area contributed by atoms with Crippen molar-refractivity contribution in [1.29, 1.82) is 0 Å². The van der Waals surface area contributed by atoms with Gasteiger partial charge in [-0.3, -0.25) is 10.1 Å². The maximum Gasteiger partial charge on any atom is 0.283 e. The van der Waals surface area contributed by atoms with Crippen LogP contribution in [-0.4, -0.2) is 17.5 Å². The van der Waals surface area contributed by atoms with Gasteiger partial charge in [-0.05, 0) is 47.3 Å². The summed E-state index contributed by atoms with van der Waals surface area (Å²) >= 11 is 3.32. The molecule has 1 aliphatic rings. The zero-order chi connectivity index (χ0) is 11.5. The number of rotatable bonds is 3. The average Bonchev–Trinajstić information content (AvgIpc) is 2.73. The highest BCUT2D eigenvalue weighted by Crippen LogP contribution is 2.29. The molecule has 1 N–H and O–H groups in total. The summed E-state index contributed by atoms with van der Waals surface area (Å²) in [4.78, 5) is 10.4. The lowest BCUT2D eigenvalue weighted by Crippen LogP contribution is -2.23. The van der Waals surface area contributed by atoms with Crippen molar-refractivity contribution < 1.29 is 4.92 Å². The summed E-state index contributed by atoms with van der Waals surface area (Å²) < 4.78 is 0.619. The van der Waals surface area contributed by atoms with Crippen LogP contribution < -0.4 is 5.32 Å². The predicted octanol–water partition coefficient (Wildman–Crippen LogP) is 2.65. The molecule has 1 fully saturated rings. The molecular formula is C11H13BrN2O2. The Morgan fingerprint density at radius 1 is 1.56 bits per heavy atom. The molecule has 1 aliphatic heterocycles. The number of halogens is 1. The molecule has 1 unspecified atom stereocenters. The van der Waals surface area contributed by atoms with Crippen LogP contribution in [0.25, 0.3) is 0 Å². The van der Waals surface area contributed by atoms with Crippen molar-refractivity contribution in [3.05, 3.63) is 38.3 Å². The normalized spacial score (nSPS) is 19.9. The van der Waals surface area contributed by atoms with Crippen molar-refractivity contribution in [2.75, 3.05) is 6.54 Å². The Kier molecular flexibility index (Phi) is 3.56. The van der Waals surface area contributed by atoms with Gasteiger partial charge in [-0.15, -0.1) is 0 Å². The van der Waals surface area contributed by atoms with Crippen LogP contribution in [0.5, 0.6) is 0 Å². The van der Waals surface area contributed by atoms with Gasteiger partial charge in [0, 0.05) is 12.1 Å². The fourth-order valence-electron chi connectivity index (χ4n) is 2.06. The Bertz CT molecular complexity index is 403. The SMILES string of the molecule is O=[N+]([O-])c1cccc(CC2CCCN2)c1Br. The fraction of sp³-hybridized carbons (Fsp3) is 0.455. The van der Waals surface area contributed by atoms with Gasteiger partial charge in [0.15, 0.2) is 0 Å². The minimum absolute atomic E-state index is 0.149. The molecule has 2 rings (SSSR count). The molecule has 0 bridgehead atoms. The number of nitro groups is 1. The molecule has 0 aliphatic carbocycles. The van der Waals surface area contributed by atoms with E-state index in [1.54, 1.807) is 6.07 Å². The third-order valence-electron chi connectivity index (χ3n) is 2.88. The lowest BCUT2D eigenvalue weighted by Gasteiger charge is -2.11. The maximum absolute atomic E-state index is 10.8. The third kappa shape index (κ3) is 2.41. The average molecular weight is 285 g/mol. The van der Waals surface area contributed by atoms with Crippen molar-refractivity contribution in [2.24, 2.45) is 0 Å². The number of nitrogens with one attached hydrogen (secondary N) is 1. The smallest absolute Gasteiger partial charge is 0.283 e. The Labute approximate surface area is 102 Å². The summed E-state index contributed by atoms with van der Waals surface area (Å²) in [5.41, 5.74) is 1.16. The van der Waals surface area contributed by atoms with Crippen LogP contribution in [0, 0.1) is 10.1 Å². The Hall–Kier alpha value is -0.940. The second-order valence-electron chi connectivity index (χ2n) is 4.00. The van der Waals surface area contributed by atoms with Gasteiger partial charge in [-0.2, -0.15) is 0 Å². The first-order valence-electron chi connectivity index (χ1n) is 5.33. The second-order valence-corrected chi connectivity index (χ2v) is 4.80. The largest absolute Gasteiger partial charge is 0.314 e. The van der Waals surface area contributed by atoms with E-state index in [0.717, 1.165) is 24.9 Å². The van der Waals surface area contributed by atoms with Gasteiger partial charge in [-0.1, -0.05) is 12.1 Å². The third-order valence-corrected chi connectivity index (χ3v) is 3.80. The highest BCUT2D eigenvalue weighted by atomic mass is 79.9. The summed E-state index contributed by atoms with van der Waals surface area (Å²) in [5.74, 6) is 0. The van der Waals surface area contributed by atoms with Crippen molar-refractivity contribution in [2.45, 2.75) is 25.3 Å². The van der Waals surface area contributed by atoms with Crippen LogP contribution in [0.15, 0.2) is 22.7 Å². The highest BCUT2D eigenvalue weighted by Gasteiger charge is 2.19. The number of benzene rings is 1. The lowest BCUT2D eigenvalue weighted by molar-refractivity contribution is -0.385. The van der Waals surface area contributed by atoms with E-state index < -0.39 is 0 Å². The number of hydrogen-bond acceptors (Lipinski definition) is 3. The van der Waals surface area contributed by atoms with E-state index in [1.165, 1.54) is 12.5 Å². The minimum Gasteiger partial charge on any atom is -0.314 e. The molecule has 4 nitrogen and oxygen atoms in total. The molecule has 0 aromatic heterocycles. The highest BCUT2D eigenvalue weighted by molar-refractivity contribution is 9.10. The van der Waals surface area contributed by atoms with E-state index in [0.29, 0.717) is 10.5 Å². The Morgan fingerprint density at radius 3 is 3.00 bits per heavy atom. The van der Waals surface area contributed by atoms with Crippen molar-refractivity contribution >= 4 is 21.6 Å². The lowest BCUT2D eigenvalue weighted by atomic mass is 10.0. The molecule has 86 valence electrons. The summed E-state index contributed by atoms with van der Waals surface area (Å²) in [6.45, 7) is 1.05. The summed E-state index contributed by atoms with van der Waals surface area (Å²) in [7, 11) is 0. The summed E-state index contributed by atoms with van der Waals surface area (Å²) in [6, 6.07) is 5.67. The van der Waals surface area contributed by atoms with Gasteiger partial charge in [-0.25, -0.2) is 0 Å². The van der Waals surface area contributed by atoms with Crippen LogP contribution in [0.3, 0.4) is 0 Å². The molecule has 1 saturated heterocycles. The maximum atomic E-state index is 10.8. The molecule has 5 heteroatoms. The fourth-order valence-corrected chi connectivity index (χ4v) is 2.63. The standard InChI is InChI=1S/C11H13BrN2O2/c12-11-8(7-9-4-2-6-13-9)3-1-5-10(11)14(15)16/h1,3,5,9,13H,2,4,6-7H2. The van der Waals surface area contributed by atoms with Gasteiger partial charge < -0.3 is 5.32 Å². The summed E-state index contributed by atoms with van der Waals surface area (Å²) in [5, 5.41) is 14.2. The molecule has 1 heterocycles. The Morgan fingerprint density at radius 2 is 2.38 bits per heavy atom. The molecule has 1 atom stereocenters. The van der Waals surface area contributed by atoms with E-state index in [-0.39, 0.29) is 10.6 Å². The van der Waals surface area contributed by atoms with Gasteiger partial charge in [0.05, 0.1) is 9.40 Å². The van der Waals surface area contributed by atoms with E-state index in [1.807, 2.05) is 6.07 Å². The van der Waals surface area contributed by atoms with Crippen molar-refractivity contribution in [3.63, 3.8) is 0 Å². The quantitative estimate of drug-likeness (QED) is 0.686. The molecular weight excluding hydrogens is 272 g/mol. The topological polar surface area (TPSA) is 55.2 Å². The summed E-state index contributed by atoms with van der Waals surface area (Å²) in [6.07, 6.45) is 3.19. The number of nitrogens with zero attached hydrogens (tertiary/aromatic N) is 1. The van der Waals surface area contributed by atoms with Gasteiger partial charge in [0.25, 0.3) is 5.69 Å². The van der Waals surface area contributed by atoms with E-state index in [4.69, 9.17) is 0 Å².